The van der Waals surface area contributed by atoms with Crippen LogP contribution in [0.15, 0.2) is 0 Å². The summed E-state index contributed by atoms with van der Waals surface area (Å²) in [5.41, 5.74) is 0. The van der Waals surface area contributed by atoms with Crippen LogP contribution in [0.1, 0.15) is 0 Å². The molecule has 0 fully saturated rings. The van der Waals surface area contributed by atoms with Crippen LogP contribution in [0.4, 0.5) is 61.5 Å². The molecule has 0 aromatic rings. The van der Waals surface area contributed by atoms with E-state index in [4.69, 9.17) is 0 Å². The fraction of sp³-hybridized carbons (Fsp3) is 1.00. The maximum absolute atomic E-state index is 12.8. The topological polar surface area (TPSA) is 20.3 Å². The molecule has 0 amide bonds. The van der Waals surface area contributed by atoms with E-state index in [2.05, 4.69) is 0 Å². The van der Waals surface area contributed by atoms with Gasteiger partial charge in [0.1, 0.15) is 0 Å². The second kappa shape index (κ2) is 5.57. The number of halogens is 14. The molecule has 0 unspecified atom stereocenters. The lowest BCUT2D eigenvalue weighted by atomic mass is 10.2. The molecule has 0 aromatic heterocycles. The molecular weight excluding hydrogens is 399 g/mol. The molecule has 0 bridgehead atoms. The van der Waals surface area contributed by atoms with E-state index in [0.717, 1.165) is 0 Å². The van der Waals surface area contributed by atoms with Gasteiger partial charge < -0.3 is 0 Å². The van der Waals surface area contributed by atoms with Gasteiger partial charge in [-0.05, 0) is 0 Å². The van der Waals surface area contributed by atoms with Crippen molar-refractivity contribution < 1.29 is 66.0 Å². The molecule has 0 aromatic carbocycles. The van der Waals surface area contributed by atoms with Crippen LogP contribution in [0.25, 0.3) is 0 Å². The van der Waals surface area contributed by atoms with E-state index < -0.39 is 49.6 Å². The highest BCUT2D eigenvalue weighted by Crippen LogP contribution is 2.57. The van der Waals surface area contributed by atoms with E-state index >= 15 is 0 Å². The molecule has 0 saturated heterocycles. The Labute approximate surface area is 117 Å². The lowest BCUT2D eigenvalue weighted by Gasteiger charge is -2.39. The van der Waals surface area contributed by atoms with Crippen LogP contribution in [0.5, 0.6) is 0 Å². The number of rotatable bonds is 5. The molecule has 0 atom stereocenters. The Morgan fingerprint density at radius 3 is 0.870 bits per heavy atom. The van der Waals surface area contributed by atoms with Gasteiger partial charge in [-0.3, -0.25) is 4.57 Å². The summed E-state index contributed by atoms with van der Waals surface area (Å²) in [4.78, 5) is 0. The third-order valence-corrected chi connectivity index (χ3v) is 2.75. The van der Waals surface area contributed by atoms with Crippen molar-refractivity contribution in [1.82, 2.24) is 4.67 Å². The molecule has 0 aliphatic rings. The predicted octanol–water partition coefficient (Wildman–Crippen LogP) is 5.08. The van der Waals surface area contributed by atoms with Crippen molar-refractivity contribution >= 4 is 8.61 Å². The van der Waals surface area contributed by atoms with Gasteiger partial charge in [-0.25, -0.2) is 0 Å². The Hall–Kier alpha value is -0.920. The molecule has 138 valence electrons. The molecule has 23 heavy (non-hydrogen) atoms. The standard InChI is InChI=1S/C6F14NOP/c7-1(8,3(11,12)13)5(17,18)21(23-22)6(19,20)2(9,10)4(14,15)16. The first-order valence-corrected chi connectivity index (χ1v) is 5.24. The van der Waals surface area contributed by atoms with Crippen LogP contribution in [-0.4, -0.2) is 41.0 Å². The van der Waals surface area contributed by atoms with Gasteiger partial charge in [-0.1, -0.05) is 4.67 Å². The van der Waals surface area contributed by atoms with Gasteiger partial charge in [0, 0.05) is 0 Å². The lowest BCUT2D eigenvalue weighted by Crippen LogP contribution is -2.68. The summed E-state index contributed by atoms with van der Waals surface area (Å²) in [6.45, 7) is 0. The molecule has 0 aliphatic heterocycles. The summed E-state index contributed by atoms with van der Waals surface area (Å²) in [6, 6.07) is -14.8. The van der Waals surface area contributed by atoms with Crippen LogP contribution in [0.2, 0.25) is 0 Å². The average Bonchev–Trinajstić information content (AvgIpc) is 2.25. The number of hydrogen-bond acceptors (Lipinski definition) is 1. The van der Waals surface area contributed by atoms with Gasteiger partial charge in [-0.15, -0.1) is 0 Å². The Morgan fingerprint density at radius 1 is 0.522 bits per heavy atom. The van der Waals surface area contributed by atoms with E-state index in [9.17, 15) is 66.0 Å². The third kappa shape index (κ3) is 3.19. The largest absolute Gasteiger partial charge is 0.461 e. The number of alkyl halides is 14. The van der Waals surface area contributed by atoms with Crippen LogP contribution in [-0.2, 0) is 4.57 Å². The minimum absolute atomic E-state index is 3.36. The fourth-order valence-corrected chi connectivity index (χ4v) is 1.34. The maximum Gasteiger partial charge on any atom is 0.461 e. The molecule has 0 rings (SSSR count). The second-order valence-electron chi connectivity index (χ2n) is 3.62. The minimum atomic E-state index is -7.54. The Balaban J connectivity index is 6.28. The van der Waals surface area contributed by atoms with Crippen molar-refractivity contribution in [3.8, 4) is 0 Å². The number of nitrogens with zero attached hydrogens (tertiary/aromatic N) is 1. The average molecular weight is 399 g/mol. The van der Waals surface area contributed by atoms with Crippen molar-refractivity contribution in [3.05, 3.63) is 0 Å². The molecule has 2 nitrogen and oxygen atoms in total. The van der Waals surface area contributed by atoms with Crippen LogP contribution < -0.4 is 0 Å². The van der Waals surface area contributed by atoms with E-state index in [1.54, 1.807) is 0 Å². The Morgan fingerprint density at radius 2 is 0.739 bits per heavy atom. The number of hydrogen-bond donors (Lipinski definition) is 0. The zero-order valence-electron chi connectivity index (χ0n) is 9.59. The monoisotopic (exact) mass is 399 g/mol. The Kier molecular flexibility index (Phi) is 5.34. The van der Waals surface area contributed by atoms with Crippen LogP contribution in [0.3, 0.4) is 0 Å². The maximum atomic E-state index is 12.8. The van der Waals surface area contributed by atoms with E-state index in [-0.39, 0.29) is 0 Å². The molecule has 0 radical (unpaired) electrons. The SMILES string of the molecule is O=PN(C(F)(F)C(F)(F)C(F)(F)F)C(F)(F)C(F)(F)C(F)(F)F. The van der Waals surface area contributed by atoms with Gasteiger partial charge in [0.2, 0.25) is 0 Å². The first-order valence-electron chi connectivity index (χ1n) is 4.48. The smallest absolute Gasteiger partial charge is 0.255 e. The van der Waals surface area contributed by atoms with Gasteiger partial charge in [0.25, 0.3) is 8.61 Å². The highest BCUT2D eigenvalue weighted by Gasteiger charge is 2.85. The summed E-state index contributed by atoms with van der Waals surface area (Å²) in [6.07, 6.45) is -14.7. The lowest BCUT2D eigenvalue weighted by molar-refractivity contribution is -0.437. The quantitative estimate of drug-likeness (QED) is 0.366. The Bertz CT molecular complexity index is 413. The van der Waals surface area contributed by atoms with Crippen LogP contribution in [0, 0.1) is 0 Å². The summed E-state index contributed by atoms with van der Waals surface area (Å²) in [5, 5.41) is 0. The molecule has 0 heterocycles. The van der Waals surface area contributed by atoms with Crippen LogP contribution >= 0.6 is 8.61 Å². The molecule has 0 saturated carbocycles. The van der Waals surface area contributed by atoms with Crippen molar-refractivity contribution in [2.45, 2.75) is 36.3 Å². The first-order chi connectivity index (χ1) is 9.69. The molecular formula is C6F14NOP. The molecule has 0 spiro atoms. The van der Waals surface area contributed by atoms with E-state index in [0.29, 0.717) is 0 Å². The summed E-state index contributed by atoms with van der Waals surface area (Å²) in [5.74, 6) is -15.1. The normalized spacial score (nSPS) is 16.3. The van der Waals surface area contributed by atoms with Gasteiger partial charge in [0.15, 0.2) is 0 Å². The third-order valence-electron chi connectivity index (χ3n) is 2.08. The summed E-state index contributed by atoms with van der Waals surface area (Å²) >= 11 is 0. The second-order valence-corrected chi connectivity index (χ2v) is 4.18. The van der Waals surface area contributed by atoms with Gasteiger partial charge in [-0.2, -0.15) is 61.5 Å². The predicted molar refractivity (Wildman–Crippen MR) is 41.3 cm³/mol. The van der Waals surface area contributed by atoms with Gasteiger partial charge in [0.05, 0.1) is 0 Å². The van der Waals surface area contributed by atoms with Gasteiger partial charge >= 0.3 is 36.3 Å². The van der Waals surface area contributed by atoms with Crippen molar-refractivity contribution in [1.29, 1.82) is 0 Å². The first kappa shape index (κ1) is 22.1. The summed E-state index contributed by atoms with van der Waals surface area (Å²) < 4.78 is 178. The van der Waals surface area contributed by atoms with Crippen molar-refractivity contribution in [2.75, 3.05) is 0 Å². The zero-order chi connectivity index (χ0) is 19.3. The van der Waals surface area contributed by atoms with Crippen molar-refractivity contribution in [3.63, 3.8) is 0 Å². The van der Waals surface area contributed by atoms with Crippen molar-refractivity contribution in [2.24, 2.45) is 0 Å². The zero-order valence-corrected chi connectivity index (χ0v) is 10.5. The highest BCUT2D eigenvalue weighted by atomic mass is 31.1. The van der Waals surface area contributed by atoms with E-state index in [1.807, 2.05) is 0 Å². The molecule has 17 heteroatoms. The fourth-order valence-electron chi connectivity index (χ4n) is 0.886. The highest BCUT2D eigenvalue weighted by molar-refractivity contribution is 7.20. The van der Waals surface area contributed by atoms with E-state index in [1.165, 1.54) is 0 Å². The molecule has 0 aliphatic carbocycles. The summed E-state index contributed by atoms with van der Waals surface area (Å²) in [7, 11) is -3.36. The molecule has 0 N–H and O–H groups in total. The minimum Gasteiger partial charge on any atom is -0.255 e.